The molecule has 0 aliphatic rings. The minimum Gasteiger partial charge on any atom is -0.352 e. The van der Waals surface area contributed by atoms with Gasteiger partial charge in [0.15, 0.2) is 0 Å². The quantitative estimate of drug-likeness (QED) is 0.799. The molecule has 23 heavy (non-hydrogen) atoms. The van der Waals surface area contributed by atoms with E-state index in [9.17, 15) is 9.59 Å². The van der Waals surface area contributed by atoms with Gasteiger partial charge in [-0.25, -0.2) is 0 Å². The molecule has 0 fully saturated rings. The lowest BCUT2D eigenvalue weighted by atomic mass is 10.1. The molecule has 2 atom stereocenters. The molecular weight excluding hydrogens is 335 g/mol. The van der Waals surface area contributed by atoms with Crippen molar-refractivity contribution in [3.05, 3.63) is 33.8 Å². The van der Waals surface area contributed by atoms with Crippen molar-refractivity contribution < 1.29 is 9.59 Å². The number of nitrogens with one attached hydrogen (secondary N) is 1. The van der Waals surface area contributed by atoms with Gasteiger partial charge in [-0.3, -0.25) is 9.59 Å². The molecule has 0 aromatic heterocycles. The highest BCUT2D eigenvalue weighted by atomic mass is 35.5. The fourth-order valence-electron chi connectivity index (χ4n) is 2.10. The maximum absolute atomic E-state index is 12.4. The number of rotatable bonds is 7. The van der Waals surface area contributed by atoms with Crippen molar-refractivity contribution in [2.75, 3.05) is 0 Å². The van der Waals surface area contributed by atoms with Crippen molar-refractivity contribution in [3.8, 4) is 0 Å². The minimum absolute atomic E-state index is 0.0624. The lowest BCUT2D eigenvalue weighted by Crippen LogP contribution is -2.49. The van der Waals surface area contributed by atoms with E-state index in [1.54, 1.807) is 32.0 Å². The normalized spacial score (nSPS) is 13.3. The molecule has 1 N–H and O–H groups in total. The van der Waals surface area contributed by atoms with Crippen LogP contribution in [0.3, 0.4) is 0 Å². The van der Waals surface area contributed by atoms with E-state index in [1.165, 1.54) is 4.90 Å². The van der Waals surface area contributed by atoms with Gasteiger partial charge < -0.3 is 10.2 Å². The Morgan fingerprint density at radius 2 is 1.74 bits per heavy atom. The van der Waals surface area contributed by atoms with Gasteiger partial charge in [0.05, 0.1) is 0 Å². The Labute approximate surface area is 148 Å². The number of benzene rings is 1. The van der Waals surface area contributed by atoms with Crippen molar-refractivity contribution in [2.45, 2.75) is 59.2 Å². The lowest BCUT2D eigenvalue weighted by molar-refractivity contribution is -0.140. The van der Waals surface area contributed by atoms with Crippen LogP contribution in [0.2, 0.25) is 10.0 Å². The molecule has 6 heteroatoms. The van der Waals surface area contributed by atoms with Crippen LogP contribution < -0.4 is 5.32 Å². The van der Waals surface area contributed by atoms with Gasteiger partial charge in [-0.1, -0.05) is 43.1 Å². The molecule has 0 saturated carbocycles. The highest BCUT2D eigenvalue weighted by molar-refractivity contribution is 6.36. The number of halogens is 2. The fourth-order valence-corrected chi connectivity index (χ4v) is 2.62. The van der Waals surface area contributed by atoms with Gasteiger partial charge in [0.1, 0.15) is 6.04 Å². The van der Waals surface area contributed by atoms with Crippen LogP contribution in [-0.4, -0.2) is 28.8 Å². The average Bonchev–Trinajstić information content (AvgIpc) is 2.53. The number of nitrogens with zero attached hydrogens (tertiary/aromatic N) is 1. The van der Waals surface area contributed by atoms with Crippen LogP contribution in [-0.2, 0) is 16.1 Å². The lowest BCUT2D eigenvalue weighted by Gasteiger charge is -2.30. The van der Waals surface area contributed by atoms with Crippen molar-refractivity contribution in [1.29, 1.82) is 0 Å². The molecule has 1 aromatic rings. The standard InChI is InChI=1S/C17H24Cl2N2O2/c1-5-11(3)20-17(23)12(4)21(16(22)6-2)10-13-14(18)8-7-9-15(13)19/h7-9,11-12H,5-6,10H2,1-4H3,(H,20,23)/t11-,12+/m1/s1. The topological polar surface area (TPSA) is 49.4 Å². The van der Waals surface area contributed by atoms with Crippen molar-refractivity contribution in [3.63, 3.8) is 0 Å². The van der Waals surface area contributed by atoms with Crippen LogP contribution in [0.15, 0.2) is 18.2 Å². The van der Waals surface area contributed by atoms with Crippen LogP contribution in [0.1, 0.15) is 46.1 Å². The molecule has 4 nitrogen and oxygen atoms in total. The maximum atomic E-state index is 12.4. The second-order valence-corrected chi connectivity index (χ2v) is 6.38. The molecule has 2 amide bonds. The number of hydrogen-bond donors (Lipinski definition) is 1. The summed E-state index contributed by atoms with van der Waals surface area (Å²) in [4.78, 5) is 26.2. The third kappa shape index (κ3) is 5.40. The molecule has 0 bridgehead atoms. The Bertz CT molecular complexity index is 543. The third-order valence-corrected chi connectivity index (χ3v) is 4.57. The van der Waals surface area contributed by atoms with E-state index >= 15 is 0 Å². The number of amides is 2. The smallest absolute Gasteiger partial charge is 0.242 e. The zero-order valence-corrected chi connectivity index (χ0v) is 15.5. The molecular formula is C17H24Cl2N2O2. The SMILES string of the molecule is CCC(=O)N(Cc1c(Cl)cccc1Cl)[C@@H](C)C(=O)N[C@H](C)CC. The van der Waals surface area contributed by atoms with E-state index < -0.39 is 6.04 Å². The Morgan fingerprint density at radius 3 is 2.22 bits per heavy atom. The van der Waals surface area contributed by atoms with Crippen LogP contribution >= 0.6 is 23.2 Å². The molecule has 1 aromatic carbocycles. The predicted octanol–water partition coefficient (Wildman–Crippen LogP) is 4.04. The largest absolute Gasteiger partial charge is 0.352 e. The summed E-state index contributed by atoms with van der Waals surface area (Å²) in [5.41, 5.74) is 0.654. The maximum Gasteiger partial charge on any atom is 0.242 e. The van der Waals surface area contributed by atoms with Gasteiger partial charge in [0.25, 0.3) is 0 Å². The van der Waals surface area contributed by atoms with E-state index in [0.29, 0.717) is 22.0 Å². The summed E-state index contributed by atoms with van der Waals surface area (Å²) in [5.74, 6) is -0.294. The molecule has 128 valence electrons. The summed E-state index contributed by atoms with van der Waals surface area (Å²) < 4.78 is 0. The molecule has 0 aliphatic carbocycles. The third-order valence-electron chi connectivity index (χ3n) is 3.86. The highest BCUT2D eigenvalue weighted by Gasteiger charge is 2.26. The molecule has 0 heterocycles. The van der Waals surface area contributed by atoms with E-state index in [0.717, 1.165) is 6.42 Å². The molecule has 1 rings (SSSR count). The highest BCUT2D eigenvalue weighted by Crippen LogP contribution is 2.26. The second kappa shape index (κ2) is 9.14. The Hall–Kier alpha value is -1.26. The van der Waals surface area contributed by atoms with E-state index in [-0.39, 0.29) is 24.4 Å². The first-order valence-corrected chi connectivity index (χ1v) is 8.60. The van der Waals surface area contributed by atoms with Crippen molar-refractivity contribution in [2.24, 2.45) is 0 Å². The summed E-state index contributed by atoms with van der Waals surface area (Å²) in [6.45, 7) is 7.62. The summed E-state index contributed by atoms with van der Waals surface area (Å²) in [7, 11) is 0. The molecule has 0 saturated heterocycles. The van der Waals surface area contributed by atoms with Gasteiger partial charge >= 0.3 is 0 Å². The van der Waals surface area contributed by atoms with Crippen molar-refractivity contribution in [1.82, 2.24) is 10.2 Å². The zero-order chi connectivity index (χ0) is 17.6. The first kappa shape index (κ1) is 19.8. The van der Waals surface area contributed by atoms with Crippen LogP contribution in [0.25, 0.3) is 0 Å². The Balaban J connectivity index is 3.01. The molecule has 0 spiro atoms. The number of carbonyl (C=O) groups is 2. The number of carbonyl (C=O) groups excluding carboxylic acids is 2. The molecule has 0 radical (unpaired) electrons. The Morgan fingerprint density at radius 1 is 1.17 bits per heavy atom. The van der Waals surface area contributed by atoms with E-state index in [4.69, 9.17) is 23.2 Å². The number of hydrogen-bond acceptors (Lipinski definition) is 2. The van der Waals surface area contributed by atoms with Crippen LogP contribution in [0, 0.1) is 0 Å². The van der Waals surface area contributed by atoms with Crippen molar-refractivity contribution >= 4 is 35.0 Å². The summed E-state index contributed by atoms with van der Waals surface area (Å²) in [5, 5.41) is 3.88. The summed E-state index contributed by atoms with van der Waals surface area (Å²) >= 11 is 12.4. The van der Waals surface area contributed by atoms with Crippen LogP contribution in [0.4, 0.5) is 0 Å². The predicted molar refractivity (Wildman–Crippen MR) is 94.7 cm³/mol. The summed E-state index contributed by atoms with van der Waals surface area (Å²) in [6, 6.07) is 4.66. The van der Waals surface area contributed by atoms with Gasteiger partial charge in [0.2, 0.25) is 11.8 Å². The van der Waals surface area contributed by atoms with Gasteiger partial charge in [0, 0.05) is 34.6 Å². The fraction of sp³-hybridized carbons (Fsp3) is 0.529. The zero-order valence-electron chi connectivity index (χ0n) is 14.0. The minimum atomic E-state index is -0.594. The van der Waals surface area contributed by atoms with E-state index in [2.05, 4.69) is 5.32 Å². The second-order valence-electron chi connectivity index (χ2n) is 5.57. The van der Waals surface area contributed by atoms with Gasteiger partial charge in [-0.2, -0.15) is 0 Å². The van der Waals surface area contributed by atoms with E-state index in [1.807, 2.05) is 13.8 Å². The monoisotopic (exact) mass is 358 g/mol. The van der Waals surface area contributed by atoms with Gasteiger partial charge in [-0.05, 0) is 32.4 Å². The average molecular weight is 359 g/mol. The van der Waals surface area contributed by atoms with Crippen LogP contribution in [0.5, 0.6) is 0 Å². The Kier molecular flexibility index (Phi) is 7.86. The molecule has 0 unspecified atom stereocenters. The summed E-state index contributed by atoms with van der Waals surface area (Å²) in [6.07, 6.45) is 1.14. The first-order valence-electron chi connectivity index (χ1n) is 7.84. The first-order chi connectivity index (χ1) is 10.8. The van der Waals surface area contributed by atoms with Gasteiger partial charge in [-0.15, -0.1) is 0 Å². The molecule has 0 aliphatic heterocycles.